The molecule has 2 aromatic carbocycles. The molecule has 0 bridgehead atoms. The van der Waals surface area contributed by atoms with E-state index in [9.17, 15) is 39.5 Å². The number of benzene rings is 2. The minimum absolute atomic E-state index is 0.0686. The second-order valence-electron chi connectivity index (χ2n) is 6.53. The van der Waals surface area contributed by atoms with Gasteiger partial charge in [-0.1, -0.05) is 6.07 Å². The number of nitrogens with two attached hydrogens (primary N) is 1. The smallest absolute Gasteiger partial charge is 0.326 e. The van der Waals surface area contributed by atoms with Crippen molar-refractivity contribution in [3.05, 3.63) is 69.8 Å². The van der Waals surface area contributed by atoms with Crippen molar-refractivity contribution >= 4 is 0 Å². The zero-order valence-electron chi connectivity index (χ0n) is 15.3. The summed E-state index contributed by atoms with van der Waals surface area (Å²) in [6.45, 7) is 1.00. The Hall–Kier alpha value is -2.27. The summed E-state index contributed by atoms with van der Waals surface area (Å²) < 4.78 is 111. The third kappa shape index (κ3) is 6.36. The molecule has 3 N–H and O–H groups in total. The van der Waals surface area contributed by atoms with Crippen molar-refractivity contribution in [2.75, 3.05) is 6.54 Å². The summed E-state index contributed by atoms with van der Waals surface area (Å²) >= 11 is 0. The van der Waals surface area contributed by atoms with Crippen LogP contribution in [0.4, 0.5) is 39.5 Å². The summed E-state index contributed by atoms with van der Waals surface area (Å²) in [6, 6.07) is 5.26. The van der Waals surface area contributed by atoms with Crippen molar-refractivity contribution in [2.24, 2.45) is 5.73 Å². The number of fused-ring (bicyclic) bond motifs is 1. The molecule has 0 saturated carbocycles. The first-order chi connectivity index (χ1) is 13.7. The highest BCUT2D eigenvalue weighted by molar-refractivity contribution is 5.35. The summed E-state index contributed by atoms with van der Waals surface area (Å²) in [7, 11) is 0. The lowest BCUT2D eigenvalue weighted by molar-refractivity contribution is -0.143. The van der Waals surface area contributed by atoms with Crippen molar-refractivity contribution in [3.63, 3.8) is 0 Å². The first-order valence-corrected chi connectivity index (χ1v) is 8.60. The summed E-state index contributed by atoms with van der Waals surface area (Å²) in [5, 5.41) is 3.05. The molecule has 2 nitrogen and oxygen atoms in total. The lowest BCUT2D eigenvalue weighted by Crippen LogP contribution is -2.24. The monoisotopic (exact) mass is 444 g/mol. The molecule has 0 unspecified atom stereocenters. The van der Waals surface area contributed by atoms with Crippen LogP contribution < -0.4 is 11.1 Å². The maximum atomic E-state index is 12.3. The Labute approximate surface area is 165 Å². The molecule has 0 aromatic heterocycles. The fraction of sp³-hybridized carbons (Fsp3) is 0.368. The third-order valence-electron chi connectivity index (χ3n) is 4.30. The third-order valence-corrected chi connectivity index (χ3v) is 4.30. The van der Waals surface area contributed by atoms with Crippen LogP contribution in [-0.2, 0) is 38.0 Å². The molecule has 11 heteroatoms. The van der Waals surface area contributed by atoms with Crippen molar-refractivity contribution in [3.8, 4) is 0 Å². The van der Waals surface area contributed by atoms with Crippen molar-refractivity contribution < 1.29 is 39.5 Å². The zero-order valence-corrected chi connectivity index (χ0v) is 15.3. The van der Waals surface area contributed by atoms with Gasteiger partial charge in [-0.05, 0) is 60.0 Å². The number of alkyl halides is 9. The first-order valence-electron chi connectivity index (χ1n) is 8.60. The Kier molecular flexibility index (Phi) is 7.08. The molecule has 0 fully saturated rings. The maximum Gasteiger partial charge on any atom is 0.416 e. The molecule has 0 atom stereocenters. The molecule has 166 valence electrons. The molecule has 0 amide bonds. The van der Waals surface area contributed by atoms with Crippen LogP contribution >= 0.6 is 0 Å². The molecule has 1 heterocycles. The van der Waals surface area contributed by atoms with E-state index in [2.05, 4.69) is 5.32 Å². The highest BCUT2D eigenvalue weighted by Gasteiger charge is 2.36. The Morgan fingerprint density at radius 2 is 1.23 bits per heavy atom. The van der Waals surface area contributed by atoms with E-state index in [1.54, 1.807) is 6.07 Å². The zero-order chi connectivity index (χ0) is 22.7. The predicted octanol–water partition coefficient (Wildman–Crippen LogP) is 5.53. The first kappa shape index (κ1) is 24.0. The van der Waals surface area contributed by atoms with Gasteiger partial charge in [0.25, 0.3) is 0 Å². The summed E-state index contributed by atoms with van der Waals surface area (Å²) in [5.41, 5.74) is 3.38. The second kappa shape index (κ2) is 8.84. The van der Waals surface area contributed by atoms with Gasteiger partial charge in [-0.3, -0.25) is 0 Å². The molecular weight excluding hydrogens is 427 g/mol. The summed E-state index contributed by atoms with van der Waals surface area (Å²) in [4.78, 5) is 0. The van der Waals surface area contributed by atoms with Gasteiger partial charge in [0.1, 0.15) is 0 Å². The molecule has 1 aliphatic rings. The molecule has 0 saturated heterocycles. The van der Waals surface area contributed by atoms with Crippen LogP contribution in [0.1, 0.15) is 33.4 Å². The number of halogens is 9. The summed E-state index contributed by atoms with van der Waals surface area (Å²) in [6.07, 6.45) is -13.0. The van der Waals surface area contributed by atoms with Gasteiger partial charge >= 0.3 is 18.5 Å². The lowest BCUT2D eigenvalue weighted by Gasteiger charge is -2.18. The van der Waals surface area contributed by atoms with E-state index in [1.165, 1.54) is 6.07 Å². The minimum Gasteiger partial charge on any atom is -0.326 e. The average molecular weight is 444 g/mol. The fourth-order valence-corrected chi connectivity index (χ4v) is 2.79. The number of hydrogen-bond acceptors (Lipinski definition) is 2. The Morgan fingerprint density at radius 3 is 1.70 bits per heavy atom. The van der Waals surface area contributed by atoms with Crippen LogP contribution in [0.25, 0.3) is 0 Å². The van der Waals surface area contributed by atoms with Gasteiger partial charge in [-0.15, -0.1) is 0 Å². The molecular formula is C19H17F9N2. The normalized spacial score (nSPS) is 14.6. The predicted molar refractivity (Wildman–Crippen MR) is 91.2 cm³/mol. The molecule has 2 aromatic rings. The van der Waals surface area contributed by atoms with E-state index in [1.807, 2.05) is 0 Å². The molecule has 0 spiro atoms. The molecule has 1 aliphatic heterocycles. The minimum atomic E-state index is -4.81. The van der Waals surface area contributed by atoms with Crippen LogP contribution in [0.15, 0.2) is 36.4 Å². The molecule has 30 heavy (non-hydrogen) atoms. The molecule has 3 rings (SSSR count). The highest BCUT2D eigenvalue weighted by atomic mass is 19.4. The van der Waals surface area contributed by atoms with E-state index in [0.717, 1.165) is 30.2 Å². The standard InChI is InChI=1S/C10H10F3N.C9H7F6N/c11-10(12,13)9-2-1-7-3-4-14-6-8(7)5-9;10-8(11,12)6-1-5(4-16)2-7(3-6)9(13,14)15/h1-2,5,14H,3-4,6H2;1-3H,4,16H2. The van der Waals surface area contributed by atoms with Gasteiger partial charge in [0.15, 0.2) is 0 Å². The van der Waals surface area contributed by atoms with Crippen molar-refractivity contribution in [1.29, 1.82) is 0 Å². The maximum absolute atomic E-state index is 12.3. The van der Waals surface area contributed by atoms with Crippen molar-refractivity contribution in [1.82, 2.24) is 5.32 Å². The van der Waals surface area contributed by atoms with E-state index in [4.69, 9.17) is 5.73 Å². The Bertz CT molecular complexity index is 836. The second-order valence-corrected chi connectivity index (χ2v) is 6.53. The quantitative estimate of drug-likeness (QED) is 0.568. The van der Waals surface area contributed by atoms with Crippen LogP contribution in [0.3, 0.4) is 0 Å². The van der Waals surface area contributed by atoms with Gasteiger partial charge in [0.05, 0.1) is 16.7 Å². The SMILES string of the molecule is FC(F)(F)c1ccc2c(c1)CNCC2.NCc1cc(C(F)(F)F)cc(C(F)(F)F)c1. The topological polar surface area (TPSA) is 38.0 Å². The van der Waals surface area contributed by atoms with Crippen LogP contribution in [0, 0.1) is 0 Å². The lowest BCUT2D eigenvalue weighted by atomic mass is 9.98. The average Bonchev–Trinajstić information content (AvgIpc) is 2.65. The van der Waals surface area contributed by atoms with Crippen LogP contribution in [0.2, 0.25) is 0 Å². The van der Waals surface area contributed by atoms with Gasteiger partial charge in [-0.25, -0.2) is 0 Å². The number of hydrogen-bond donors (Lipinski definition) is 2. The van der Waals surface area contributed by atoms with Crippen LogP contribution in [-0.4, -0.2) is 6.54 Å². The van der Waals surface area contributed by atoms with Gasteiger partial charge in [0.2, 0.25) is 0 Å². The summed E-state index contributed by atoms with van der Waals surface area (Å²) in [5.74, 6) is 0. The number of nitrogens with one attached hydrogen (secondary N) is 1. The Morgan fingerprint density at radius 1 is 0.700 bits per heavy atom. The van der Waals surface area contributed by atoms with Crippen LogP contribution in [0.5, 0.6) is 0 Å². The number of rotatable bonds is 1. The largest absolute Gasteiger partial charge is 0.416 e. The van der Waals surface area contributed by atoms with Gasteiger partial charge < -0.3 is 11.1 Å². The fourth-order valence-electron chi connectivity index (χ4n) is 2.79. The van der Waals surface area contributed by atoms with Crippen molar-refractivity contribution in [2.45, 2.75) is 38.0 Å². The van der Waals surface area contributed by atoms with Gasteiger partial charge in [-0.2, -0.15) is 39.5 Å². The Balaban J connectivity index is 0.000000215. The van der Waals surface area contributed by atoms with E-state index in [0.29, 0.717) is 18.7 Å². The highest BCUT2D eigenvalue weighted by Crippen LogP contribution is 2.36. The molecule has 0 radical (unpaired) electrons. The molecule has 0 aliphatic carbocycles. The van der Waals surface area contributed by atoms with E-state index < -0.39 is 35.2 Å². The van der Waals surface area contributed by atoms with E-state index >= 15 is 0 Å². The van der Waals surface area contributed by atoms with E-state index in [-0.39, 0.29) is 18.2 Å². The van der Waals surface area contributed by atoms with Gasteiger partial charge in [0, 0.05) is 13.1 Å².